The first-order valence-corrected chi connectivity index (χ1v) is 13.0. The molecule has 0 saturated carbocycles. The molecule has 2 heterocycles. The fourth-order valence-corrected chi connectivity index (χ4v) is 4.53. The van der Waals surface area contributed by atoms with Gasteiger partial charge in [0.1, 0.15) is 17.2 Å². The summed E-state index contributed by atoms with van der Waals surface area (Å²) in [5.41, 5.74) is 2.69. The van der Waals surface area contributed by atoms with Gasteiger partial charge in [-0.1, -0.05) is 23.5 Å². The minimum absolute atomic E-state index is 0.0261. The zero-order valence-electron chi connectivity index (χ0n) is 19.9. The van der Waals surface area contributed by atoms with Crippen molar-refractivity contribution in [2.24, 2.45) is 0 Å². The number of hydrogen-bond acceptors (Lipinski definition) is 8. The fraction of sp³-hybridized carbons (Fsp3) is 0.0769. The monoisotopic (exact) mass is 533 g/mol. The second-order valence-corrected chi connectivity index (χ2v) is 10.3. The Morgan fingerprint density at radius 3 is 2.47 bits per heavy atom. The van der Waals surface area contributed by atoms with Gasteiger partial charge in [-0.2, -0.15) is 5.54 Å². The standard InChI is InChI=1S/C26H20FN5O5S/c1-2-38(34,35)17-9-7-16(8-10-17)36-23-13-19-20(31-25(30-19)21-15-28-11-12-29-21)14-24(23)37-22-6-4-3-5-18(22)26(33)32-27/h3-15H,2H2,1H3,(H,30,31)(H,32,33). The molecule has 10 nitrogen and oxygen atoms in total. The summed E-state index contributed by atoms with van der Waals surface area (Å²) in [5, 5.41) is 0. The SMILES string of the molecule is CCS(=O)(=O)c1ccc(Oc2cc3[nH]c(-c4cnccn4)nc3cc2Oc2ccccc2C(=O)NF)cc1. The van der Waals surface area contributed by atoms with E-state index in [-0.39, 0.29) is 33.5 Å². The van der Waals surface area contributed by atoms with E-state index in [2.05, 4.69) is 19.9 Å². The number of carbonyl (C=O) groups excluding carboxylic acids is 1. The van der Waals surface area contributed by atoms with Gasteiger partial charge in [0.25, 0.3) is 5.91 Å². The number of H-pyrrole nitrogens is 1. The predicted molar refractivity (Wildman–Crippen MR) is 136 cm³/mol. The molecule has 0 atom stereocenters. The molecule has 0 saturated heterocycles. The van der Waals surface area contributed by atoms with E-state index >= 15 is 0 Å². The maximum absolute atomic E-state index is 12.9. The topological polar surface area (TPSA) is 136 Å². The van der Waals surface area contributed by atoms with Crippen molar-refractivity contribution < 1.29 is 27.2 Å². The Hall–Kier alpha value is -4.84. The Morgan fingerprint density at radius 2 is 1.76 bits per heavy atom. The molecule has 38 heavy (non-hydrogen) atoms. The van der Waals surface area contributed by atoms with E-state index < -0.39 is 15.7 Å². The summed E-state index contributed by atoms with van der Waals surface area (Å²) in [7, 11) is -3.38. The average molecular weight is 534 g/mol. The lowest BCUT2D eigenvalue weighted by molar-refractivity contribution is 0.0857. The molecule has 0 radical (unpaired) electrons. The van der Waals surface area contributed by atoms with E-state index in [4.69, 9.17) is 9.47 Å². The lowest BCUT2D eigenvalue weighted by Gasteiger charge is -2.14. The van der Waals surface area contributed by atoms with Gasteiger partial charge in [0, 0.05) is 24.5 Å². The van der Waals surface area contributed by atoms with Crippen LogP contribution in [0.25, 0.3) is 22.6 Å². The number of amides is 1. The molecule has 12 heteroatoms. The number of imidazole rings is 1. The highest BCUT2D eigenvalue weighted by atomic mass is 32.2. The number of aromatic amines is 1. The Morgan fingerprint density at radius 1 is 1.00 bits per heavy atom. The Labute approximate surface area is 216 Å². The van der Waals surface area contributed by atoms with Crippen molar-refractivity contribution in [2.45, 2.75) is 11.8 Å². The van der Waals surface area contributed by atoms with Crippen LogP contribution >= 0.6 is 0 Å². The molecular weight excluding hydrogens is 513 g/mol. The Kier molecular flexibility index (Phi) is 6.71. The number of rotatable bonds is 8. The molecule has 0 unspecified atom stereocenters. The first kappa shape index (κ1) is 24.8. The quantitative estimate of drug-likeness (QED) is 0.266. The number of para-hydroxylation sites is 1. The molecule has 1 amide bonds. The number of aromatic nitrogens is 4. The second-order valence-electron chi connectivity index (χ2n) is 7.99. The van der Waals surface area contributed by atoms with Crippen LogP contribution in [0.5, 0.6) is 23.0 Å². The van der Waals surface area contributed by atoms with Gasteiger partial charge in [-0.25, -0.2) is 18.4 Å². The third-order valence-corrected chi connectivity index (χ3v) is 7.33. The Balaban J connectivity index is 1.58. The summed E-state index contributed by atoms with van der Waals surface area (Å²) in [6.45, 7) is 1.57. The van der Waals surface area contributed by atoms with Gasteiger partial charge in [-0.15, -0.1) is 0 Å². The number of sulfone groups is 1. The first-order valence-electron chi connectivity index (χ1n) is 11.4. The number of halogens is 1. The van der Waals surface area contributed by atoms with Crippen LogP contribution in [0.1, 0.15) is 17.3 Å². The van der Waals surface area contributed by atoms with E-state index in [0.717, 1.165) is 5.54 Å². The molecule has 3 aromatic carbocycles. The van der Waals surface area contributed by atoms with Crippen LogP contribution in [0, 0.1) is 0 Å². The first-order chi connectivity index (χ1) is 18.4. The summed E-state index contributed by atoms with van der Waals surface area (Å²) in [4.78, 5) is 28.2. The molecular formula is C26H20FN5O5S. The van der Waals surface area contributed by atoms with Crippen molar-refractivity contribution >= 4 is 26.8 Å². The summed E-state index contributed by atoms with van der Waals surface area (Å²) in [6, 6.07) is 15.3. The average Bonchev–Trinajstić information content (AvgIpc) is 3.36. The summed E-state index contributed by atoms with van der Waals surface area (Å²) < 4.78 is 49.3. The number of fused-ring (bicyclic) bond motifs is 1. The number of nitrogens with one attached hydrogen (secondary N) is 2. The highest BCUT2D eigenvalue weighted by Gasteiger charge is 2.18. The molecule has 5 rings (SSSR count). The number of hydrogen-bond donors (Lipinski definition) is 2. The van der Waals surface area contributed by atoms with Crippen molar-refractivity contribution in [1.29, 1.82) is 0 Å². The maximum atomic E-state index is 12.9. The lowest BCUT2D eigenvalue weighted by Crippen LogP contribution is -2.14. The zero-order chi connectivity index (χ0) is 26.7. The van der Waals surface area contributed by atoms with Gasteiger partial charge < -0.3 is 14.5 Å². The normalized spacial score (nSPS) is 11.3. The van der Waals surface area contributed by atoms with Gasteiger partial charge in [0.05, 0.1) is 33.4 Å². The smallest absolute Gasteiger partial charge is 0.282 e. The van der Waals surface area contributed by atoms with E-state index in [1.165, 1.54) is 36.4 Å². The number of nitrogens with zero attached hydrogens (tertiary/aromatic N) is 3. The molecule has 5 aromatic rings. The van der Waals surface area contributed by atoms with Crippen LogP contribution in [0.2, 0.25) is 0 Å². The van der Waals surface area contributed by atoms with Gasteiger partial charge in [0.15, 0.2) is 27.2 Å². The lowest BCUT2D eigenvalue weighted by atomic mass is 10.2. The van der Waals surface area contributed by atoms with Crippen LogP contribution in [-0.2, 0) is 9.84 Å². The summed E-state index contributed by atoms with van der Waals surface area (Å²) in [6.07, 6.45) is 4.65. The zero-order valence-corrected chi connectivity index (χ0v) is 20.7. The number of carbonyl (C=O) groups is 1. The largest absolute Gasteiger partial charge is 0.453 e. The molecule has 0 fully saturated rings. The predicted octanol–water partition coefficient (Wildman–Crippen LogP) is 5.01. The highest BCUT2D eigenvalue weighted by Crippen LogP contribution is 2.39. The number of benzene rings is 3. The van der Waals surface area contributed by atoms with E-state index in [9.17, 15) is 17.7 Å². The van der Waals surface area contributed by atoms with Gasteiger partial charge >= 0.3 is 0 Å². The second kappa shape index (κ2) is 10.3. The molecule has 192 valence electrons. The van der Waals surface area contributed by atoms with Crippen LogP contribution in [0.3, 0.4) is 0 Å². The van der Waals surface area contributed by atoms with Crippen LogP contribution in [0.15, 0.2) is 84.1 Å². The summed E-state index contributed by atoms with van der Waals surface area (Å²) >= 11 is 0. The van der Waals surface area contributed by atoms with Gasteiger partial charge in [-0.3, -0.25) is 9.78 Å². The maximum Gasteiger partial charge on any atom is 0.282 e. The van der Waals surface area contributed by atoms with Crippen molar-refractivity contribution in [1.82, 2.24) is 25.5 Å². The van der Waals surface area contributed by atoms with E-state index in [1.807, 2.05) is 0 Å². The van der Waals surface area contributed by atoms with Crippen molar-refractivity contribution in [2.75, 3.05) is 5.75 Å². The van der Waals surface area contributed by atoms with Crippen molar-refractivity contribution in [3.8, 4) is 34.5 Å². The minimum atomic E-state index is -3.38. The van der Waals surface area contributed by atoms with Crippen molar-refractivity contribution in [3.63, 3.8) is 0 Å². The molecule has 2 aromatic heterocycles. The molecule has 0 bridgehead atoms. The van der Waals surface area contributed by atoms with E-state index in [0.29, 0.717) is 28.3 Å². The molecule has 0 spiro atoms. The van der Waals surface area contributed by atoms with Crippen LogP contribution in [-0.4, -0.2) is 40.0 Å². The molecule has 0 aliphatic carbocycles. The van der Waals surface area contributed by atoms with Gasteiger partial charge in [-0.05, 0) is 36.4 Å². The number of ether oxygens (including phenoxy) is 2. The summed E-state index contributed by atoms with van der Waals surface area (Å²) in [5.74, 6) is 0.298. The minimum Gasteiger partial charge on any atom is -0.453 e. The molecule has 2 N–H and O–H groups in total. The molecule has 0 aliphatic heterocycles. The fourth-order valence-electron chi connectivity index (χ4n) is 3.64. The molecule has 0 aliphatic rings. The van der Waals surface area contributed by atoms with Gasteiger partial charge in [0.2, 0.25) is 0 Å². The van der Waals surface area contributed by atoms with Crippen LogP contribution in [0.4, 0.5) is 4.48 Å². The third-order valence-electron chi connectivity index (χ3n) is 5.58. The Bertz CT molecular complexity index is 1720. The third kappa shape index (κ3) is 5.02. The highest BCUT2D eigenvalue weighted by molar-refractivity contribution is 7.91. The van der Waals surface area contributed by atoms with Crippen molar-refractivity contribution in [3.05, 3.63) is 84.8 Å². The van der Waals surface area contributed by atoms with E-state index in [1.54, 1.807) is 49.8 Å². The van der Waals surface area contributed by atoms with Crippen LogP contribution < -0.4 is 15.0 Å².